The molecule has 0 aromatic carbocycles. The van der Waals surface area contributed by atoms with Crippen LogP contribution in [0.2, 0.25) is 0 Å². The Balaban J connectivity index is 2.38. The largest absolute Gasteiger partial charge is 0.346 e. The first kappa shape index (κ1) is 12.2. The average molecular weight is 209 g/mol. The number of nitrogens with zero attached hydrogens (tertiary/aromatic N) is 1. The van der Waals surface area contributed by atoms with Crippen molar-refractivity contribution in [1.82, 2.24) is 15.3 Å². The van der Waals surface area contributed by atoms with Crippen molar-refractivity contribution in [1.29, 1.82) is 0 Å². The minimum atomic E-state index is 0.188. The van der Waals surface area contributed by atoms with Crippen molar-refractivity contribution in [2.75, 3.05) is 6.54 Å². The number of aromatic amines is 1. The van der Waals surface area contributed by atoms with Crippen LogP contribution in [-0.4, -0.2) is 22.1 Å². The highest BCUT2D eigenvalue weighted by molar-refractivity contribution is 5.05. The van der Waals surface area contributed by atoms with Crippen molar-refractivity contribution < 1.29 is 0 Å². The number of hydrogen-bond donors (Lipinski definition) is 2. The zero-order valence-electron chi connectivity index (χ0n) is 10.5. The van der Waals surface area contributed by atoms with Crippen LogP contribution in [0.15, 0.2) is 6.20 Å². The molecule has 0 aliphatic heterocycles. The van der Waals surface area contributed by atoms with Gasteiger partial charge in [0.25, 0.3) is 0 Å². The lowest BCUT2D eigenvalue weighted by atomic mass is 10.1. The third-order valence-electron chi connectivity index (χ3n) is 2.29. The fourth-order valence-corrected chi connectivity index (χ4v) is 1.35. The van der Waals surface area contributed by atoms with E-state index in [4.69, 9.17) is 0 Å². The van der Waals surface area contributed by atoms with Crippen molar-refractivity contribution in [2.45, 2.75) is 52.5 Å². The van der Waals surface area contributed by atoms with Gasteiger partial charge in [0.1, 0.15) is 5.82 Å². The smallest absolute Gasteiger partial charge is 0.107 e. The molecule has 0 unspecified atom stereocenters. The van der Waals surface area contributed by atoms with E-state index in [2.05, 4.69) is 49.9 Å². The summed E-state index contributed by atoms with van der Waals surface area (Å²) in [4.78, 5) is 7.71. The van der Waals surface area contributed by atoms with E-state index in [-0.39, 0.29) is 5.54 Å². The zero-order chi connectivity index (χ0) is 11.5. The minimum absolute atomic E-state index is 0.188. The SMILES string of the molecule is CC(C)c1cnc(CCNC(C)(C)C)[nH]1. The minimum Gasteiger partial charge on any atom is -0.346 e. The summed E-state index contributed by atoms with van der Waals surface area (Å²) < 4.78 is 0. The summed E-state index contributed by atoms with van der Waals surface area (Å²) in [6.45, 7) is 11.8. The molecule has 1 rings (SSSR count). The maximum absolute atomic E-state index is 4.36. The van der Waals surface area contributed by atoms with Gasteiger partial charge in [-0.3, -0.25) is 0 Å². The highest BCUT2D eigenvalue weighted by atomic mass is 15.0. The van der Waals surface area contributed by atoms with Crippen molar-refractivity contribution >= 4 is 0 Å². The summed E-state index contributed by atoms with van der Waals surface area (Å²) >= 11 is 0. The van der Waals surface area contributed by atoms with Crippen LogP contribution >= 0.6 is 0 Å². The topological polar surface area (TPSA) is 40.7 Å². The van der Waals surface area contributed by atoms with Gasteiger partial charge in [0, 0.05) is 30.4 Å². The first-order chi connectivity index (χ1) is 6.88. The van der Waals surface area contributed by atoms with Crippen LogP contribution < -0.4 is 5.32 Å². The summed E-state index contributed by atoms with van der Waals surface area (Å²) in [5, 5.41) is 3.45. The Morgan fingerprint density at radius 1 is 1.40 bits per heavy atom. The lowest BCUT2D eigenvalue weighted by Gasteiger charge is -2.19. The first-order valence-electron chi connectivity index (χ1n) is 5.67. The highest BCUT2D eigenvalue weighted by Gasteiger charge is 2.09. The predicted octanol–water partition coefficient (Wildman–Crippen LogP) is 2.46. The number of H-pyrrole nitrogens is 1. The lowest BCUT2D eigenvalue weighted by Crippen LogP contribution is -2.37. The number of nitrogens with one attached hydrogen (secondary N) is 2. The van der Waals surface area contributed by atoms with Gasteiger partial charge in [0.05, 0.1) is 0 Å². The molecule has 1 heterocycles. The van der Waals surface area contributed by atoms with E-state index in [1.54, 1.807) is 0 Å². The van der Waals surface area contributed by atoms with Crippen LogP contribution in [0.25, 0.3) is 0 Å². The maximum atomic E-state index is 4.36. The molecular formula is C12H23N3. The zero-order valence-corrected chi connectivity index (χ0v) is 10.5. The maximum Gasteiger partial charge on any atom is 0.107 e. The molecule has 0 fully saturated rings. The summed E-state index contributed by atoms with van der Waals surface area (Å²) in [6, 6.07) is 0. The van der Waals surface area contributed by atoms with Gasteiger partial charge in [-0.15, -0.1) is 0 Å². The van der Waals surface area contributed by atoms with Gasteiger partial charge in [0.2, 0.25) is 0 Å². The molecule has 0 aliphatic carbocycles. The molecule has 3 heteroatoms. The summed E-state index contributed by atoms with van der Waals surface area (Å²) in [7, 11) is 0. The second kappa shape index (κ2) is 4.79. The molecule has 1 aromatic heterocycles. The Bertz CT molecular complexity index is 294. The summed E-state index contributed by atoms with van der Waals surface area (Å²) in [6.07, 6.45) is 2.90. The van der Waals surface area contributed by atoms with Gasteiger partial charge in [-0.25, -0.2) is 4.98 Å². The number of aromatic nitrogens is 2. The van der Waals surface area contributed by atoms with Gasteiger partial charge >= 0.3 is 0 Å². The molecule has 86 valence electrons. The van der Waals surface area contributed by atoms with Gasteiger partial charge in [-0.2, -0.15) is 0 Å². The van der Waals surface area contributed by atoms with Crippen LogP contribution in [0.1, 0.15) is 52.1 Å². The second-order valence-electron chi connectivity index (χ2n) is 5.37. The predicted molar refractivity (Wildman–Crippen MR) is 64.1 cm³/mol. The highest BCUT2D eigenvalue weighted by Crippen LogP contribution is 2.10. The fourth-order valence-electron chi connectivity index (χ4n) is 1.35. The number of hydrogen-bond acceptors (Lipinski definition) is 2. The Hall–Kier alpha value is -0.830. The van der Waals surface area contributed by atoms with Crippen LogP contribution in [0.4, 0.5) is 0 Å². The Morgan fingerprint density at radius 2 is 2.07 bits per heavy atom. The van der Waals surface area contributed by atoms with Crippen LogP contribution in [-0.2, 0) is 6.42 Å². The normalized spacial score (nSPS) is 12.4. The third kappa shape index (κ3) is 4.47. The van der Waals surface area contributed by atoms with Crippen molar-refractivity contribution in [3.8, 4) is 0 Å². The molecule has 0 radical (unpaired) electrons. The molecule has 0 aliphatic rings. The molecule has 0 atom stereocenters. The van der Waals surface area contributed by atoms with Crippen molar-refractivity contribution in [3.63, 3.8) is 0 Å². The summed E-state index contributed by atoms with van der Waals surface area (Å²) in [5.74, 6) is 1.61. The Morgan fingerprint density at radius 3 is 2.53 bits per heavy atom. The quantitative estimate of drug-likeness (QED) is 0.799. The van der Waals surface area contributed by atoms with E-state index >= 15 is 0 Å². The van der Waals surface area contributed by atoms with Crippen molar-refractivity contribution in [2.24, 2.45) is 0 Å². The van der Waals surface area contributed by atoms with Gasteiger partial charge < -0.3 is 10.3 Å². The lowest BCUT2D eigenvalue weighted by molar-refractivity contribution is 0.427. The molecule has 2 N–H and O–H groups in total. The molecule has 0 spiro atoms. The van der Waals surface area contributed by atoms with Gasteiger partial charge in [-0.05, 0) is 26.7 Å². The van der Waals surface area contributed by atoms with Crippen LogP contribution in [0.5, 0.6) is 0 Å². The molecule has 3 nitrogen and oxygen atoms in total. The monoisotopic (exact) mass is 209 g/mol. The van der Waals surface area contributed by atoms with Gasteiger partial charge in [-0.1, -0.05) is 13.8 Å². The molecule has 0 saturated heterocycles. The second-order valence-corrected chi connectivity index (χ2v) is 5.37. The third-order valence-corrected chi connectivity index (χ3v) is 2.29. The standard InChI is InChI=1S/C12H23N3/c1-9(2)10-8-13-11(15-10)6-7-14-12(3,4)5/h8-9,14H,6-7H2,1-5H3,(H,13,15). The van der Waals surface area contributed by atoms with Gasteiger partial charge in [0.15, 0.2) is 0 Å². The van der Waals surface area contributed by atoms with E-state index in [0.717, 1.165) is 18.8 Å². The van der Waals surface area contributed by atoms with E-state index < -0.39 is 0 Å². The first-order valence-corrected chi connectivity index (χ1v) is 5.67. The van der Waals surface area contributed by atoms with Crippen molar-refractivity contribution in [3.05, 3.63) is 17.7 Å². The van der Waals surface area contributed by atoms with E-state index in [1.165, 1.54) is 5.69 Å². The summed E-state index contributed by atoms with van der Waals surface area (Å²) in [5.41, 5.74) is 1.41. The Labute approximate surface area is 92.7 Å². The molecule has 15 heavy (non-hydrogen) atoms. The van der Waals surface area contributed by atoms with Crippen LogP contribution in [0, 0.1) is 0 Å². The number of imidazole rings is 1. The molecule has 1 aromatic rings. The van der Waals surface area contributed by atoms with Crippen LogP contribution in [0.3, 0.4) is 0 Å². The molecular weight excluding hydrogens is 186 g/mol. The van der Waals surface area contributed by atoms with E-state index in [1.807, 2.05) is 6.20 Å². The van der Waals surface area contributed by atoms with E-state index in [0.29, 0.717) is 5.92 Å². The molecule has 0 saturated carbocycles. The number of rotatable bonds is 4. The average Bonchev–Trinajstić information content (AvgIpc) is 2.50. The molecule has 0 amide bonds. The Kier molecular flexibility index (Phi) is 3.91. The van der Waals surface area contributed by atoms with E-state index in [9.17, 15) is 0 Å². The molecule has 0 bridgehead atoms. The fraction of sp³-hybridized carbons (Fsp3) is 0.750.